The van der Waals surface area contributed by atoms with E-state index in [1.165, 1.54) is 17.3 Å². The molecule has 1 heterocycles. The summed E-state index contributed by atoms with van der Waals surface area (Å²) < 4.78 is 0. The van der Waals surface area contributed by atoms with Gasteiger partial charge in [0.2, 0.25) is 5.91 Å². The van der Waals surface area contributed by atoms with Crippen molar-refractivity contribution < 1.29 is 9.59 Å². The van der Waals surface area contributed by atoms with Crippen molar-refractivity contribution in [1.82, 2.24) is 10.2 Å². The van der Waals surface area contributed by atoms with E-state index in [2.05, 4.69) is 33.0 Å². The van der Waals surface area contributed by atoms with Gasteiger partial charge in [-0.1, -0.05) is 57.5 Å². The molecule has 1 saturated heterocycles. The summed E-state index contributed by atoms with van der Waals surface area (Å²) in [6, 6.07) is 8.09. The number of aryl methyl sites for hydroxylation is 1. The molecule has 1 N–H and O–H groups in total. The molecule has 2 atom stereocenters. The minimum Gasteiger partial charge on any atom is -0.342 e. The normalized spacial score (nSPS) is 21.0. The first kappa shape index (κ1) is 21.5. The summed E-state index contributed by atoms with van der Waals surface area (Å²) in [5, 5.41) is 2.93. The predicted molar refractivity (Wildman–Crippen MR) is 115 cm³/mol. The lowest BCUT2D eigenvalue weighted by Gasteiger charge is -2.30. The molecular weight excluding hydrogens is 356 g/mol. The van der Waals surface area contributed by atoms with Gasteiger partial charge >= 0.3 is 0 Å². The first-order valence-corrected chi connectivity index (χ1v) is 10.6. The van der Waals surface area contributed by atoms with Crippen molar-refractivity contribution >= 4 is 29.0 Å². The average Bonchev–Trinajstić information content (AvgIpc) is 2.71. The van der Waals surface area contributed by atoms with Crippen molar-refractivity contribution in [2.75, 3.05) is 6.54 Å². The monoisotopic (exact) mass is 388 g/mol. The van der Waals surface area contributed by atoms with Crippen LogP contribution in [-0.2, 0) is 4.79 Å². The second-order valence-corrected chi connectivity index (χ2v) is 9.35. The summed E-state index contributed by atoms with van der Waals surface area (Å²) in [6.45, 7) is 11.1. The molecule has 1 aromatic rings. The van der Waals surface area contributed by atoms with E-state index >= 15 is 0 Å². The quantitative estimate of drug-likeness (QED) is 0.691. The maximum Gasteiger partial charge on any atom is 0.281 e. The van der Waals surface area contributed by atoms with Crippen molar-refractivity contribution in [3.63, 3.8) is 0 Å². The van der Waals surface area contributed by atoms with Gasteiger partial charge in [0, 0.05) is 18.7 Å². The molecule has 0 aromatic heterocycles. The van der Waals surface area contributed by atoms with Crippen LogP contribution >= 0.6 is 11.8 Å². The molecule has 1 fully saturated rings. The summed E-state index contributed by atoms with van der Waals surface area (Å²) >= 11 is 1.25. The molecule has 2 rings (SSSR count). The van der Waals surface area contributed by atoms with Crippen LogP contribution in [0.1, 0.15) is 51.7 Å². The fourth-order valence-corrected chi connectivity index (χ4v) is 4.52. The van der Waals surface area contributed by atoms with Crippen LogP contribution in [0.2, 0.25) is 0 Å². The van der Waals surface area contributed by atoms with Crippen LogP contribution in [0.5, 0.6) is 0 Å². The molecule has 0 aliphatic carbocycles. The third-order valence-electron chi connectivity index (χ3n) is 4.54. The minimum absolute atomic E-state index is 0.00103. The van der Waals surface area contributed by atoms with E-state index in [0.717, 1.165) is 18.4 Å². The van der Waals surface area contributed by atoms with E-state index in [0.29, 0.717) is 18.4 Å². The Balaban J connectivity index is 2.20. The maximum absolute atomic E-state index is 13.0. The Labute approximate surface area is 167 Å². The number of benzene rings is 1. The van der Waals surface area contributed by atoms with Gasteiger partial charge < -0.3 is 10.2 Å². The minimum atomic E-state index is -0.127. The standard InChI is InChI=1S/C22H32N2O2S/c1-15(2)12-19-14-24(21(13-16(3)4)27-22(26)23-19)20(25)11-10-18-8-6-17(5)7-9-18/h6-11,15-16,19,21H,12-14H2,1-5H3,(H,23,26)/b11-10+/t19-,21+/m0/s1. The molecule has 0 spiro atoms. The van der Waals surface area contributed by atoms with Gasteiger partial charge in [0.1, 0.15) is 0 Å². The summed E-state index contributed by atoms with van der Waals surface area (Å²) in [5.74, 6) is 0.842. The van der Waals surface area contributed by atoms with Crippen molar-refractivity contribution in [1.29, 1.82) is 0 Å². The number of carbonyl (C=O) groups is 2. The number of thioether (sulfide) groups is 1. The zero-order valence-corrected chi connectivity index (χ0v) is 17.9. The van der Waals surface area contributed by atoms with E-state index in [-0.39, 0.29) is 22.6 Å². The number of hydrogen-bond donors (Lipinski definition) is 1. The number of hydrogen-bond acceptors (Lipinski definition) is 3. The molecule has 27 heavy (non-hydrogen) atoms. The van der Waals surface area contributed by atoms with Gasteiger partial charge in [-0.15, -0.1) is 0 Å². The van der Waals surface area contributed by atoms with Crippen LogP contribution in [0, 0.1) is 18.8 Å². The highest BCUT2D eigenvalue weighted by atomic mass is 32.2. The molecule has 0 saturated carbocycles. The Morgan fingerprint density at radius 3 is 2.41 bits per heavy atom. The molecule has 1 aliphatic heterocycles. The molecule has 5 heteroatoms. The third-order valence-corrected chi connectivity index (χ3v) is 5.59. The summed E-state index contributed by atoms with van der Waals surface area (Å²) in [6.07, 6.45) is 5.17. The Morgan fingerprint density at radius 1 is 1.19 bits per heavy atom. The number of carbonyl (C=O) groups excluding carboxylic acids is 2. The van der Waals surface area contributed by atoms with E-state index < -0.39 is 0 Å². The highest BCUT2D eigenvalue weighted by molar-refractivity contribution is 8.14. The van der Waals surface area contributed by atoms with Crippen molar-refractivity contribution in [2.45, 2.75) is 58.9 Å². The van der Waals surface area contributed by atoms with Gasteiger partial charge in [0.15, 0.2) is 0 Å². The molecule has 2 amide bonds. The molecule has 4 nitrogen and oxygen atoms in total. The summed E-state index contributed by atoms with van der Waals surface area (Å²) in [5.41, 5.74) is 2.20. The van der Waals surface area contributed by atoms with Crippen LogP contribution < -0.4 is 5.32 Å². The van der Waals surface area contributed by atoms with Gasteiger partial charge in [-0.2, -0.15) is 0 Å². The number of amides is 2. The lowest BCUT2D eigenvalue weighted by atomic mass is 10.0. The maximum atomic E-state index is 13.0. The SMILES string of the molecule is Cc1ccc(/C=C/C(=O)N2C[C@H](CC(C)C)NC(=O)S[C@@H]2CC(C)C)cc1. The Bertz CT molecular complexity index is 667. The van der Waals surface area contributed by atoms with Gasteiger partial charge in [-0.3, -0.25) is 9.59 Å². The Hall–Kier alpha value is -1.75. The topological polar surface area (TPSA) is 49.4 Å². The van der Waals surface area contributed by atoms with Crippen molar-refractivity contribution in [3.05, 3.63) is 41.5 Å². The van der Waals surface area contributed by atoms with Crippen LogP contribution in [0.4, 0.5) is 4.79 Å². The molecule has 1 aromatic carbocycles. The Kier molecular flexibility index (Phi) is 7.96. The fourth-order valence-electron chi connectivity index (χ4n) is 3.24. The largest absolute Gasteiger partial charge is 0.342 e. The highest BCUT2D eigenvalue weighted by Gasteiger charge is 2.33. The predicted octanol–water partition coefficient (Wildman–Crippen LogP) is 5.08. The molecule has 1 aliphatic rings. The van der Waals surface area contributed by atoms with E-state index in [1.807, 2.05) is 42.2 Å². The van der Waals surface area contributed by atoms with Crippen LogP contribution in [0.15, 0.2) is 30.3 Å². The molecule has 0 radical (unpaired) electrons. The number of rotatable bonds is 6. The fraction of sp³-hybridized carbons (Fsp3) is 0.545. The van der Waals surface area contributed by atoms with E-state index in [4.69, 9.17) is 0 Å². The molecule has 148 valence electrons. The lowest BCUT2D eigenvalue weighted by molar-refractivity contribution is -0.127. The van der Waals surface area contributed by atoms with Crippen LogP contribution in [0.25, 0.3) is 6.08 Å². The molecule has 0 bridgehead atoms. The molecular formula is C22H32N2O2S. The second-order valence-electron chi connectivity index (χ2n) is 8.19. The number of nitrogens with one attached hydrogen (secondary N) is 1. The van der Waals surface area contributed by atoms with Gasteiger partial charge in [0.25, 0.3) is 5.24 Å². The lowest BCUT2D eigenvalue weighted by Crippen LogP contribution is -2.44. The first-order chi connectivity index (χ1) is 12.7. The van der Waals surface area contributed by atoms with E-state index in [1.54, 1.807) is 6.08 Å². The average molecular weight is 389 g/mol. The number of nitrogens with zero attached hydrogens (tertiary/aromatic N) is 1. The smallest absolute Gasteiger partial charge is 0.281 e. The van der Waals surface area contributed by atoms with Gasteiger partial charge in [-0.25, -0.2) is 0 Å². The summed E-state index contributed by atoms with van der Waals surface area (Å²) in [7, 11) is 0. The first-order valence-electron chi connectivity index (χ1n) is 9.77. The van der Waals surface area contributed by atoms with Gasteiger partial charge in [0.05, 0.1) is 5.37 Å². The van der Waals surface area contributed by atoms with Crippen molar-refractivity contribution in [2.24, 2.45) is 11.8 Å². The van der Waals surface area contributed by atoms with Crippen LogP contribution in [-0.4, -0.2) is 34.0 Å². The third kappa shape index (κ3) is 7.06. The van der Waals surface area contributed by atoms with Gasteiger partial charge in [-0.05, 0) is 55.0 Å². The molecule has 0 unspecified atom stereocenters. The van der Waals surface area contributed by atoms with Crippen LogP contribution in [0.3, 0.4) is 0 Å². The Morgan fingerprint density at radius 2 is 1.81 bits per heavy atom. The second kappa shape index (κ2) is 9.98. The zero-order valence-electron chi connectivity index (χ0n) is 17.1. The van der Waals surface area contributed by atoms with E-state index in [9.17, 15) is 9.59 Å². The summed E-state index contributed by atoms with van der Waals surface area (Å²) in [4.78, 5) is 27.2. The van der Waals surface area contributed by atoms with Crippen molar-refractivity contribution in [3.8, 4) is 0 Å². The zero-order chi connectivity index (χ0) is 20.0. The highest BCUT2D eigenvalue weighted by Crippen LogP contribution is 2.28.